The number of benzene rings is 1. The minimum absolute atomic E-state index is 0.0240. The van der Waals surface area contributed by atoms with E-state index in [2.05, 4.69) is 4.98 Å². The van der Waals surface area contributed by atoms with Gasteiger partial charge in [-0.05, 0) is 44.0 Å². The number of oxazole rings is 1. The fraction of sp³-hybridized carbons (Fsp3) is 0.409. The molecule has 0 atom stereocenters. The molecule has 2 aliphatic heterocycles. The first kappa shape index (κ1) is 18.6. The predicted molar refractivity (Wildman–Crippen MR) is 109 cm³/mol. The molecule has 4 heterocycles. The van der Waals surface area contributed by atoms with Crippen molar-refractivity contribution in [2.75, 3.05) is 19.8 Å². The van der Waals surface area contributed by atoms with E-state index in [1.807, 2.05) is 30.0 Å². The zero-order chi connectivity index (χ0) is 20.0. The molecule has 0 saturated carbocycles. The summed E-state index contributed by atoms with van der Waals surface area (Å²) in [5.41, 5.74) is 3.09. The van der Waals surface area contributed by atoms with Crippen molar-refractivity contribution >= 4 is 28.4 Å². The molecule has 150 valence electrons. The molecule has 1 aromatic carbocycles. The maximum Gasteiger partial charge on any atom is 0.254 e. The Kier molecular flexibility index (Phi) is 4.76. The summed E-state index contributed by atoms with van der Waals surface area (Å²) in [6.45, 7) is 4.47. The number of hydrogen-bond donors (Lipinski definition) is 0. The minimum Gasteiger partial charge on any atom is -0.445 e. The van der Waals surface area contributed by atoms with Crippen LogP contribution in [0.3, 0.4) is 0 Å². The number of carbonyl (C=O) groups excluding carboxylic acids is 1. The summed E-state index contributed by atoms with van der Waals surface area (Å²) in [7, 11) is 0. The van der Waals surface area contributed by atoms with E-state index >= 15 is 0 Å². The summed E-state index contributed by atoms with van der Waals surface area (Å²) >= 11 is 6.18. The Labute approximate surface area is 173 Å². The highest BCUT2D eigenvalue weighted by molar-refractivity contribution is 6.31. The second kappa shape index (κ2) is 7.43. The van der Waals surface area contributed by atoms with Gasteiger partial charge < -0.3 is 14.1 Å². The molecule has 0 N–H and O–H groups in total. The number of halogens is 1. The summed E-state index contributed by atoms with van der Waals surface area (Å²) in [4.78, 5) is 24.5. The molecule has 0 aliphatic carbocycles. The Morgan fingerprint density at radius 3 is 2.86 bits per heavy atom. The minimum atomic E-state index is -0.0240. The van der Waals surface area contributed by atoms with Gasteiger partial charge in [-0.3, -0.25) is 9.78 Å². The van der Waals surface area contributed by atoms with Gasteiger partial charge in [-0.1, -0.05) is 11.6 Å². The molecule has 1 saturated heterocycles. The number of aromatic nitrogens is 2. The fourth-order valence-corrected chi connectivity index (χ4v) is 4.36. The van der Waals surface area contributed by atoms with Gasteiger partial charge in [-0.2, -0.15) is 0 Å². The number of fused-ring (bicyclic) bond motifs is 2. The molecule has 1 fully saturated rings. The second-order valence-corrected chi connectivity index (χ2v) is 8.19. The van der Waals surface area contributed by atoms with Gasteiger partial charge in [-0.25, -0.2) is 4.98 Å². The van der Waals surface area contributed by atoms with Gasteiger partial charge in [0, 0.05) is 48.2 Å². The fourth-order valence-electron chi connectivity index (χ4n) is 4.19. The van der Waals surface area contributed by atoms with Crippen LogP contribution in [0.5, 0.6) is 0 Å². The monoisotopic (exact) mass is 411 g/mol. The molecule has 0 spiro atoms. The van der Waals surface area contributed by atoms with Gasteiger partial charge in [0.15, 0.2) is 5.89 Å². The first-order chi connectivity index (χ1) is 14.1. The Hall–Kier alpha value is -2.44. The van der Waals surface area contributed by atoms with Crippen LogP contribution in [-0.4, -0.2) is 40.5 Å². The number of nitrogens with zero attached hydrogens (tertiary/aromatic N) is 3. The normalized spacial score (nSPS) is 17.5. The third-order valence-electron chi connectivity index (χ3n) is 5.73. The Morgan fingerprint density at radius 1 is 1.21 bits per heavy atom. The van der Waals surface area contributed by atoms with Crippen LogP contribution in [0.4, 0.5) is 0 Å². The number of ether oxygens (including phenoxy) is 1. The van der Waals surface area contributed by atoms with Crippen molar-refractivity contribution in [2.24, 2.45) is 0 Å². The van der Waals surface area contributed by atoms with Gasteiger partial charge >= 0.3 is 0 Å². The summed E-state index contributed by atoms with van der Waals surface area (Å²) in [5, 5.41) is 1.37. The van der Waals surface area contributed by atoms with Crippen LogP contribution in [0.1, 0.15) is 52.2 Å². The molecule has 1 amide bonds. The van der Waals surface area contributed by atoms with Crippen molar-refractivity contribution in [3.63, 3.8) is 0 Å². The van der Waals surface area contributed by atoms with Gasteiger partial charge in [0.1, 0.15) is 11.5 Å². The van der Waals surface area contributed by atoms with Crippen LogP contribution >= 0.6 is 11.6 Å². The van der Waals surface area contributed by atoms with E-state index in [0.29, 0.717) is 36.0 Å². The molecule has 6 nitrogen and oxygen atoms in total. The lowest BCUT2D eigenvalue weighted by Gasteiger charge is -2.26. The van der Waals surface area contributed by atoms with E-state index in [1.54, 1.807) is 6.07 Å². The van der Waals surface area contributed by atoms with Gasteiger partial charge in [0.2, 0.25) is 0 Å². The summed E-state index contributed by atoms with van der Waals surface area (Å²) in [5.74, 6) is 2.00. The van der Waals surface area contributed by atoms with Crippen LogP contribution < -0.4 is 0 Å². The maximum absolute atomic E-state index is 13.4. The first-order valence-electron chi connectivity index (χ1n) is 10.0. The third-order valence-corrected chi connectivity index (χ3v) is 5.97. The number of rotatable bonds is 2. The van der Waals surface area contributed by atoms with E-state index in [1.165, 1.54) is 0 Å². The van der Waals surface area contributed by atoms with E-state index < -0.39 is 0 Å². The van der Waals surface area contributed by atoms with Crippen LogP contribution in [0.15, 0.2) is 28.7 Å². The number of hydrogen-bond acceptors (Lipinski definition) is 5. The quantitative estimate of drug-likeness (QED) is 0.629. The first-order valence-corrected chi connectivity index (χ1v) is 10.4. The molecule has 0 bridgehead atoms. The van der Waals surface area contributed by atoms with E-state index in [0.717, 1.165) is 60.0 Å². The maximum atomic E-state index is 13.4. The number of carbonyl (C=O) groups is 1. The number of aryl methyl sites for hydroxylation is 1. The van der Waals surface area contributed by atoms with Crippen molar-refractivity contribution in [2.45, 2.75) is 38.6 Å². The number of pyridine rings is 1. The highest BCUT2D eigenvalue weighted by Gasteiger charge is 2.29. The van der Waals surface area contributed by atoms with Crippen molar-refractivity contribution in [3.05, 3.63) is 57.9 Å². The highest BCUT2D eigenvalue weighted by atomic mass is 35.5. The molecule has 7 heteroatoms. The van der Waals surface area contributed by atoms with Crippen LogP contribution in [-0.2, 0) is 17.7 Å². The average molecular weight is 412 g/mol. The van der Waals surface area contributed by atoms with Gasteiger partial charge in [0.05, 0.1) is 17.6 Å². The van der Waals surface area contributed by atoms with Crippen LogP contribution in [0, 0.1) is 6.92 Å². The molecule has 0 radical (unpaired) electrons. The highest BCUT2D eigenvalue weighted by Crippen LogP contribution is 2.31. The van der Waals surface area contributed by atoms with Crippen molar-refractivity contribution < 1.29 is 13.9 Å². The molecule has 2 aliphatic rings. The molecule has 29 heavy (non-hydrogen) atoms. The lowest BCUT2D eigenvalue weighted by atomic mass is 10.0. The second-order valence-electron chi connectivity index (χ2n) is 7.76. The topological polar surface area (TPSA) is 68.5 Å². The van der Waals surface area contributed by atoms with Crippen molar-refractivity contribution in [3.8, 4) is 0 Å². The summed E-state index contributed by atoms with van der Waals surface area (Å²) < 4.78 is 11.5. The zero-order valence-corrected chi connectivity index (χ0v) is 17.0. The standard InChI is InChI=1S/C22H22ClN3O3/c1-13-10-17(16-11-15(23)2-3-18(16)24-13)22(27)26-7-4-20-19(12-26)25-21(29-20)14-5-8-28-9-6-14/h2-3,10-11,14H,4-9,12H2,1H3. The average Bonchev–Trinajstić information content (AvgIpc) is 3.17. The molecule has 0 unspecified atom stereocenters. The number of amides is 1. The molecule has 2 aromatic heterocycles. The lowest BCUT2D eigenvalue weighted by Crippen LogP contribution is -2.36. The smallest absolute Gasteiger partial charge is 0.254 e. The molecule has 5 rings (SSSR count). The molecular weight excluding hydrogens is 390 g/mol. The zero-order valence-electron chi connectivity index (χ0n) is 16.3. The Morgan fingerprint density at radius 2 is 2.03 bits per heavy atom. The van der Waals surface area contributed by atoms with Crippen molar-refractivity contribution in [1.82, 2.24) is 14.9 Å². The van der Waals surface area contributed by atoms with E-state index in [9.17, 15) is 4.79 Å². The van der Waals surface area contributed by atoms with Gasteiger partial charge in [-0.15, -0.1) is 0 Å². The third kappa shape index (κ3) is 3.51. The SMILES string of the molecule is Cc1cc(C(=O)N2CCc3oc(C4CCOCC4)nc3C2)c2cc(Cl)ccc2n1. The van der Waals surface area contributed by atoms with Crippen LogP contribution in [0.2, 0.25) is 5.02 Å². The lowest BCUT2D eigenvalue weighted by molar-refractivity contribution is 0.0727. The van der Waals surface area contributed by atoms with E-state index in [-0.39, 0.29) is 5.91 Å². The Bertz CT molecular complexity index is 1090. The van der Waals surface area contributed by atoms with Crippen LogP contribution in [0.25, 0.3) is 10.9 Å². The largest absolute Gasteiger partial charge is 0.445 e. The molecule has 3 aromatic rings. The summed E-state index contributed by atoms with van der Waals surface area (Å²) in [6, 6.07) is 7.30. The predicted octanol–water partition coefficient (Wildman–Crippen LogP) is 4.28. The van der Waals surface area contributed by atoms with Crippen molar-refractivity contribution in [1.29, 1.82) is 0 Å². The molecular formula is C22H22ClN3O3. The van der Waals surface area contributed by atoms with E-state index in [4.69, 9.17) is 25.7 Å². The Balaban J connectivity index is 1.43. The summed E-state index contributed by atoms with van der Waals surface area (Å²) in [6.07, 6.45) is 2.55. The van der Waals surface area contributed by atoms with Gasteiger partial charge in [0.25, 0.3) is 5.91 Å².